The van der Waals surface area contributed by atoms with Gasteiger partial charge in [-0.3, -0.25) is 9.78 Å². The molecule has 3 aromatic rings. The van der Waals surface area contributed by atoms with Crippen molar-refractivity contribution in [3.63, 3.8) is 0 Å². The van der Waals surface area contributed by atoms with E-state index in [4.69, 9.17) is 15.6 Å². The number of nitrogens with two attached hydrogens (primary N) is 1. The zero-order chi connectivity index (χ0) is 20.9. The van der Waals surface area contributed by atoms with E-state index < -0.39 is 10.0 Å². The average molecular weight is 417 g/mol. The molecule has 0 unspecified atom stereocenters. The van der Waals surface area contributed by atoms with E-state index in [1.54, 1.807) is 36.7 Å². The zero-order valence-corrected chi connectivity index (χ0v) is 16.8. The molecule has 3 heterocycles. The molecule has 1 aliphatic heterocycles. The third-order valence-electron chi connectivity index (χ3n) is 4.86. The van der Waals surface area contributed by atoms with Crippen LogP contribution in [0, 0.1) is 0 Å². The lowest BCUT2D eigenvalue weighted by molar-refractivity contribution is -0.122. The van der Waals surface area contributed by atoms with Gasteiger partial charge in [-0.15, -0.1) is 0 Å². The predicted octanol–water partition coefficient (Wildman–Crippen LogP) is 2.08. The zero-order valence-electron chi connectivity index (χ0n) is 15.9. The Kier molecular flexibility index (Phi) is 6.50. The summed E-state index contributed by atoms with van der Waals surface area (Å²) < 4.78 is 28.0. The van der Waals surface area contributed by atoms with Crippen molar-refractivity contribution in [2.45, 2.75) is 24.2 Å². The van der Waals surface area contributed by atoms with Crippen molar-refractivity contribution in [3.05, 3.63) is 54.4 Å². The normalized spacial score (nSPS) is 13.9. The molecule has 154 valence electrons. The van der Waals surface area contributed by atoms with E-state index in [0.717, 1.165) is 37.2 Å². The largest absolute Gasteiger partial charge is 0.483 e. The Balaban J connectivity index is 0.000000755. The van der Waals surface area contributed by atoms with Crippen LogP contribution in [0.15, 0.2) is 53.7 Å². The van der Waals surface area contributed by atoms with Gasteiger partial charge in [-0.25, -0.2) is 12.4 Å². The fraction of sp³-hybridized carbons (Fsp3) is 0.300. The molecule has 0 aliphatic carbocycles. The van der Waals surface area contributed by atoms with E-state index in [1.807, 2.05) is 12.1 Å². The first-order chi connectivity index (χ1) is 14.0. The first-order valence-corrected chi connectivity index (χ1v) is 10.8. The minimum atomic E-state index is -3.71. The number of rotatable bonds is 5. The van der Waals surface area contributed by atoms with Crippen molar-refractivity contribution in [3.8, 4) is 0 Å². The highest BCUT2D eigenvalue weighted by Crippen LogP contribution is 2.28. The van der Waals surface area contributed by atoms with Gasteiger partial charge >= 0.3 is 0 Å². The van der Waals surface area contributed by atoms with E-state index in [0.29, 0.717) is 28.9 Å². The fourth-order valence-corrected chi connectivity index (χ4v) is 4.98. The lowest BCUT2D eigenvalue weighted by atomic mass is 10.2. The molecule has 29 heavy (non-hydrogen) atoms. The minimum Gasteiger partial charge on any atom is -0.483 e. The minimum absolute atomic E-state index is 0.250. The van der Waals surface area contributed by atoms with E-state index >= 15 is 0 Å². The SMILES string of the molecule is NCCc1cn(S(=O)(=O)c2cccc(N3CCCC3)c2)c2cccnc12.O=CO. The maximum absolute atomic E-state index is 13.3. The van der Waals surface area contributed by atoms with Gasteiger partial charge in [-0.1, -0.05) is 6.07 Å². The summed E-state index contributed by atoms with van der Waals surface area (Å²) in [6.45, 7) is 2.14. The van der Waals surface area contributed by atoms with Crippen LogP contribution < -0.4 is 10.6 Å². The van der Waals surface area contributed by atoms with Crippen LogP contribution in [0.1, 0.15) is 18.4 Å². The molecule has 0 radical (unpaired) electrons. The molecular weight excluding hydrogens is 392 g/mol. The van der Waals surface area contributed by atoms with Gasteiger partial charge in [0.05, 0.1) is 15.9 Å². The topological polar surface area (TPSA) is 119 Å². The van der Waals surface area contributed by atoms with Crippen molar-refractivity contribution in [1.82, 2.24) is 8.96 Å². The smallest absolute Gasteiger partial charge is 0.290 e. The number of carboxylic acid groups (broad SMARTS) is 1. The van der Waals surface area contributed by atoms with Crippen LogP contribution in [0.4, 0.5) is 5.69 Å². The molecule has 0 amide bonds. The summed E-state index contributed by atoms with van der Waals surface area (Å²) in [6, 6.07) is 10.7. The molecule has 3 N–H and O–H groups in total. The third kappa shape index (κ3) is 4.25. The molecule has 2 aromatic heterocycles. The first kappa shape index (κ1) is 20.8. The summed E-state index contributed by atoms with van der Waals surface area (Å²) in [4.78, 5) is 15.2. The van der Waals surface area contributed by atoms with Crippen LogP contribution in [0.3, 0.4) is 0 Å². The highest BCUT2D eigenvalue weighted by atomic mass is 32.2. The highest BCUT2D eigenvalue weighted by molar-refractivity contribution is 7.90. The summed E-state index contributed by atoms with van der Waals surface area (Å²) in [5.74, 6) is 0. The van der Waals surface area contributed by atoms with Crippen molar-refractivity contribution in [1.29, 1.82) is 0 Å². The van der Waals surface area contributed by atoms with Crippen LogP contribution in [-0.2, 0) is 21.2 Å². The van der Waals surface area contributed by atoms with Gasteiger partial charge in [0.25, 0.3) is 16.5 Å². The number of aromatic nitrogens is 2. The number of fused-ring (bicyclic) bond motifs is 1. The van der Waals surface area contributed by atoms with Crippen LogP contribution in [0.5, 0.6) is 0 Å². The first-order valence-electron chi connectivity index (χ1n) is 9.36. The molecule has 1 aliphatic rings. The lowest BCUT2D eigenvalue weighted by Gasteiger charge is -2.18. The third-order valence-corrected chi connectivity index (χ3v) is 6.53. The standard InChI is InChI=1S/C19H22N4O2S.CH2O2/c20-9-8-15-14-23(18-7-4-10-21-19(15)18)26(24,25)17-6-3-5-16(13-17)22-11-1-2-12-22;2-1-3/h3-7,10,13-14H,1-2,8-9,11-12,20H2;1H,(H,2,3). The second-order valence-electron chi connectivity index (χ2n) is 6.66. The van der Waals surface area contributed by atoms with Crippen LogP contribution in [-0.4, -0.2) is 48.6 Å². The van der Waals surface area contributed by atoms with Crippen LogP contribution in [0.25, 0.3) is 11.0 Å². The number of benzene rings is 1. The number of anilines is 1. The van der Waals surface area contributed by atoms with Gasteiger partial charge in [0, 0.05) is 31.2 Å². The molecule has 9 heteroatoms. The maximum atomic E-state index is 13.3. The Bertz CT molecular complexity index is 1090. The summed E-state index contributed by atoms with van der Waals surface area (Å²) in [5, 5.41) is 6.89. The molecule has 0 saturated carbocycles. The predicted molar refractivity (Wildman–Crippen MR) is 112 cm³/mol. The summed E-state index contributed by atoms with van der Waals surface area (Å²) >= 11 is 0. The Labute approximate surface area is 169 Å². The van der Waals surface area contributed by atoms with E-state index in [-0.39, 0.29) is 6.47 Å². The molecular formula is C20H24N4O4S. The Morgan fingerprint density at radius 2 is 1.90 bits per heavy atom. The maximum Gasteiger partial charge on any atom is 0.290 e. The molecule has 0 spiro atoms. The second-order valence-corrected chi connectivity index (χ2v) is 8.48. The van der Waals surface area contributed by atoms with Gasteiger partial charge in [-0.05, 0) is 61.7 Å². The number of hydrogen-bond acceptors (Lipinski definition) is 6. The molecule has 1 fully saturated rings. The van der Waals surface area contributed by atoms with Gasteiger partial charge in [-0.2, -0.15) is 0 Å². The number of hydrogen-bond donors (Lipinski definition) is 2. The Morgan fingerprint density at radius 1 is 1.17 bits per heavy atom. The average Bonchev–Trinajstić information content (AvgIpc) is 3.38. The van der Waals surface area contributed by atoms with Gasteiger partial charge in [0.15, 0.2) is 0 Å². The number of pyridine rings is 1. The van der Waals surface area contributed by atoms with Crippen molar-refractivity contribution in [2.24, 2.45) is 5.73 Å². The Hall–Kier alpha value is -2.91. The van der Waals surface area contributed by atoms with Gasteiger partial charge in [0.2, 0.25) is 0 Å². The van der Waals surface area contributed by atoms with Crippen LogP contribution in [0.2, 0.25) is 0 Å². The summed E-state index contributed by atoms with van der Waals surface area (Å²) in [5.41, 5.74) is 8.76. The molecule has 4 rings (SSSR count). The van der Waals surface area contributed by atoms with Crippen LogP contribution >= 0.6 is 0 Å². The number of nitrogens with zero attached hydrogens (tertiary/aromatic N) is 3. The van der Waals surface area contributed by atoms with E-state index in [2.05, 4.69) is 9.88 Å². The molecule has 1 saturated heterocycles. The highest BCUT2D eigenvalue weighted by Gasteiger charge is 2.23. The number of carbonyl (C=O) groups is 1. The molecule has 8 nitrogen and oxygen atoms in total. The van der Waals surface area contributed by atoms with Gasteiger partial charge in [0.1, 0.15) is 0 Å². The summed E-state index contributed by atoms with van der Waals surface area (Å²) in [7, 11) is -3.71. The van der Waals surface area contributed by atoms with E-state index in [9.17, 15) is 8.42 Å². The molecule has 1 aromatic carbocycles. The van der Waals surface area contributed by atoms with Crippen molar-refractivity contribution >= 4 is 33.2 Å². The van der Waals surface area contributed by atoms with Crippen molar-refractivity contribution in [2.75, 3.05) is 24.5 Å². The van der Waals surface area contributed by atoms with Gasteiger partial charge < -0.3 is 15.7 Å². The Morgan fingerprint density at radius 3 is 2.59 bits per heavy atom. The molecule has 0 bridgehead atoms. The monoisotopic (exact) mass is 416 g/mol. The van der Waals surface area contributed by atoms with Crippen molar-refractivity contribution < 1.29 is 18.3 Å². The second kappa shape index (κ2) is 9.06. The lowest BCUT2D eigenvalue weighted by Crippen LogP contribution is -2.18. The summed E-state index contributed by atoms with van der Waals surface area (Å²) in [6.07, 6.45) is 6.21. The quantitative estimate of drug-likeness (QED) is 0.611. The fourth-order valence-electron chi connectivity index (χ4n) is 3.56. The molecule has 0 atom stereocenters. The van der Waals surface area contributed by atoms with E-state index in [1.165, 1.54) is 3.97 Å².